The number of carbonyl (C=O) groups excluding carboxylic acids is 1. The second-order valence-electron chi connectivity index (χ2n) is 6.11. The van der Waals surface area contributed by atoms with Crippen molar-refractivity contribution in [1.29, 1.82) is 0 Å². The molecule has 138 valence electrons. The SMILES string of the molecule is COc1ccccc1NC(=O)[C@H]1Sc2nnc(C)n2N[C@H]1c1ccccc1. The summed E-state index contributed by atoms with van der Waals surface area (Å²) in [5, 5.41) is 11.5. The molecule has 8 heteroatoms. The number of methoxy groups -OCH3 is 1. The molecule has 0 fully saturated rings. The first kappa shape index (κ1) is 17.4. The van der Waals surface area contributed by atoms with Gasteiger partial charge in [-0.1, -0.05) is 54.2 Å². The first-order valence-electron chi connectivity index (χ1n) is 8.51. The highest BCUT2D eigenvalue weighted by Gasteiger charge is 2.37. The monoisotopic (exact) mass is 381 g/mol. The Morgan fingerprint density at radius 3 is 2.67 bits per heavy atom. The van der Waals surface area contributed by atoms with Crippen LogP contribution in [-0.2, 0) is 4.79 Å². The Morgan fingerprint density at radius 1 is 1.15 bits per heavy atom. The highest BCUT2D eigenvalue weighted by Crippen LogP contribution is 2.37. The van der Waals surface area contributed by atoms with Gasteiger partial charge in [-0.3, -0.25) is 4.79 Å². The van der Waals surface area contributed by atoms with Gasteiger partial charge >= 0.3 is 0 Å². The Kier molecular flexibility index (Phi) is 4.72. The van der Waals surface area contributed by atoms with E-state index in [2.05, 4.69) is 20.9 Å². The van der Waals surface area contributed by atoms with Crippen LogP contribution in [0, 0.1) is 6.92 Å². The van der Waals surface area contributed by atoms with Gasteiger partial charge < -0.3 is 15.5 Å². The van der Waals surface area contributed by atoms with Crippen molar-refractivity contribution in [2.45, 2.75) is 23.4 Å². The maximum atomic E-state index is 13.2. The molecule has 7 nitrogen and oxygen atoms in total. The molecule has 4 rings (SSSR count). The fraction of sp³-hybridized carbons (Fsp3) is 0.211. The summed E-state index contributed by atoms with van der Waals surface area (Å²) in [6.07, 6.45) is 0. The molecule has 0 spiro atoms. The summed E-state index contributed by atoms with van der Waals surface area (Å²) in [5.74, 6) is 1.25. The van der Waals surface area contributed by atoms with Crippen LogP contribution in [0.1, 0.15) is 17.4 Å². The topological polar surface area (TPSA) is 81.1 Å². The predicted molar refractivity (Wildman–Crippen MR) is 105 cm³/mol. The Bertz CT molecular complexity index is 960. The number of aryl methyl sites for hydroxylation is 1. The van der Waals surface area contributed by atoms with Crippen LogP contribution >= 0.6 is 11.8 Å². The average Bonchev–Trinajstić information content (AvgIpc) is 3.08. The van der Waals surface area contributed by atoms with E-state index in [9.17, 15) is 4.79 Å². The van der Waals surface area contributed by atoms with E-state index in [4.69, 9.17) is 4.74 Å². The van der Waals surface area contributed by atoms with Crippen LogP contribution in [0.5, 0.6) is 5.75 Å². The number of thioether (sulfide) groups is 1. The second-order valence-corrected chi connectivity index (χ2v) is 7.22. The molecule has 2 N–H and O–H groups in total. The Hall–Kier alpha value is -3.00. The van der Waals surface area contributed by atoms with E-state index in [1.807, 2.05) is 66.2 Å². The number of hydrogen-bond donors (Lipinski definition) is 2. The largest absolute Gasteiger partial charge is 0.495 e. The van der Waals surface area contributed by atoms with Crippen LogP contribution in [0.4, 0.5) is 5.69 Å². The molecule has 2 atom stereocenters. The lowest BCUT2D eigenvalue weighted by molar-refractivity contribution is -0.116. The van der Waals surface area contributed by atoms with Gasteiger partial charge in [0.25, 0.3) is 0 Å². The molecule has 0 aliphatic carbocycles. The van der Waals surface area contributed by atoms with Crippen LogP contribution in [-0.4, -0.2) is 33.1 Å². The lowest BCUT2D eigenvalue weighted by Gasteiger charge is -2.32. The summed E-state index contributed by atoms with van der Waals surface area (Å²) in [4.78, 5) is 13.2. The number of para-hydroxylation sites is 2. The molecular formula is C19H19N5O2S. The molecule has 0 saturated carbocycles. The molecule has 0 radical (unpaired) electrons. The molecule has 1 aliphatic heterocycles. The molecule has 1 aromatic heterocycles. The number of ether oxygens (including phenoxy) is 1. The number of hydrogen-bond acceptors (Lipinski definition) is 6. The van der Waals surface area contributed by atoms with Crippen molar-refractivity contribution in [3.8, 4) is 5.75 Å². The standard InChI is InChI=1S/C19H19N5O2S/c1-12-21-22-19-24(12)23-16(13-8-4-3-5-9-13)17(27-19)18(25)20-14-10-6-7-11-15(14)26-2/h3-11,16-17,23H,1-2H3,(H,20,25)/t16-,17-/m0/s1. The smallest absolute Gasteiger partial charge is 0.240 e. The van der Waals surface area contributed by atoms with E-state index in [1.54, 1.807) is 7.11 Å². The van der Waals surface area contributed by atoms with Gasteiger partial charge in [0.1, 0.15) is 16.8 Å². The van der Waals surface area contributed by atoms with Gasteiger partial charge in [0.05, 0.1) is 18.8 Å². The van der Waals surface area contributed by atoms with Gasteiger partial charge in [0.15, 0.2) is 0 Å². The summed E-state index contributed by atoms with van der Waals surface area (Å²) in [7, 11) is 1.58. The number of benzene rings is 2. The highest BCUT2D eigenvalue weighted by atomic mass is 32.2. The maximum Gasteiger partial charge on any atom is 0.240 e. The predicted octanol–water partition coefficient (Wildman–Crippen LogP) is 2.99. The molecule has 1 amide bonds. The zero-order chi connectivity index (χ0) is 18.8. The quantitative estimate of drug-likeness (QED) is 0.723. The molecule has 27 heavy (non-hydrogen) atoms. The van der Waals surface area contributed by atoms with E-state index >= 15 is 0 Å². The van der Waals surface area contributed by atoms with E-state index in [1.165, 1.54) is 11.8 Å². The van der Waals surface area contributed by atoms with Gasteiger partial charge in [-0.15, -0.1) is 10.2 Å². The first-order valence-corrected chi connectivity index (χ1v) is 9.39. The summed E-state index contributed by atoms with van der Waals surface area (Å²) in [5.41, 5.74) is 5.04. The molecular weight excluding hydrogens is 362 g/mol. The molecule has 0 unspecified atom stereocenters. The fourth-order valence-electron chi connectivity index (χ4n) is 3.02. The minimum atomic E-state index is -0.423. The van der Waals surface area contributed by atoms with Gasteiger partial charge in [0.2, 0.25) is 11.1 Å². The van der Waals surface area contributed by atoms with Gasteiger partial charge in [0, 0.05) is 0 Å². The van der Waals surface area contributed by atoms with Gasteiger partial charge in [-0.25, -0.2) is 4.68 Å². The van der Waals surface area contributed by atoms with Crippen LogP contribution < -0.4 is 15.5 Å². The molecule has 2 aromatic carbocycles. The summed E-state index contributed by atoms with van der Waals surface area (Å²) in [6, 6.07) is 17.0. The summed E-state index contributed by atoms with van der Waals surface area (Å²) >= 11 is 1.40. The third-order valence-electron chi connectivity index (χ3n) is 4.38. The summed E-state index contributed by atoms with van der Waals surface area (Å²) in [6.45, 7) is 1.88. The van der Waals surface area contributed by atoms with E-state index in [0.717, 1.165) is 11.4 Å². The number of nitrogens with one attached hydrogen (secondary N) is 2. The molecule has 1 aliphatic rings. The van der Waals surface area contributed by atoms with E-state index in [0.29, 0.717) is 16.6 Å². The van der Waals surface area contributed by atoms with Crippen LogP contribution in [0.15, 0.2) is 59.8 Å². The minimum absolute atomic E-state index is 0.127. The van der Waals surface area contributed by atoms with Crippen molar-refractivity contribution in [2.24, 2.45) is 0 Å². The van der Waals surface area contributed by atoms with Crippen molar-refractivity contribution in [1.82, 2.24) is 14.9 Å². The second kappa shape index (κ2) is 7.32. The molecule has 3 aromatic rings. The number of aromatic nitrogens is 3. The van der Waals surface area contributed by atoms with Crippen molar-refractivity contribution < 1.29 is 9.53 Å². The normalized spacial score (nSPS) is 18.3. The molecule has 0 saturated heterocycles. The number of anilines is 1. The van der Waals surface area contributed by atoms with Crippen LogP contribution in [0.3, 0.4) is 0 Å². The van der Waals surface area contributed by atoms with Crippen molar-refractivity contribution in [2.75, 3.05) is 17.9 Å². The fourth-order valence-corrected chi connectivity index (χ4v) is 4.15. The lowest BCUT2D eigenvalue weighted by Crippen LogP contribution is -2.41. The molecule has 2 heterocycles. The minimum Gasteiger partial charge on any atom is -0.495 e. The Balaban J connectivity index is 1.66. The third kappa shape index (κ3) is 3.35. The van der Waals surface area contributed by atoms with Crippen LogP contribution in [0.2, 0.25) is 0 Å². The van der Waals surface area contributed by atoms with Gasteiger partial charge in [-0.05, 0) is 24.6 Å². The average molecular weight is 381 g/mol. The summed E-state index contributed by atoms with van der Waals surface area (Å²) < 4.78 is 7.17. The van der Waals surface area contributed by atoms with Crippen LogP contribution in [0.25, 0.3) is 0 Å². The highest BCUT2D eigenvalue weighted by molar-refractivity contribution is 8.00. The number of nitrogens with zero attached hydrogens (tertiary/aromatic N) is 3. The maximum absolute atomic E-state index is 13.2. The van der Waals surface area contributed by atoms with E-state index in [-0.39, 0.29) is 11.9 Å². The number of amides is 1. The molecule has 0 bridgehead atoms. The van der Waals surface area contributed by atoms with E-state index < -0.39 is 5.25 Å². The lowest BCUT2D eigenvalue weighted by atomic mass is 10.0. The first-order chi connectivity index (χ1) is 13.2. The van der Waals surface area contributed by atoms with Crippen molar-refractivity contribution in [3.63, 3.8) is 0 Å². The van der Waals surface area contributed by atoms with Crippen molar-refractivity contribution >= 4 is 23.4 Å². The van der Waals surface area contributed by atoms with Gasteiger partial charge in [-0.2, -0.15) is 0 Å². The van der Waals surface area contributed by atoms with Crippen molar-refractivity contribution in [3.05, 3.63) is 66.0 Å². The zero-order valence-corrected chi connectivity index (χ0v) is 15.7. The Morgan fingerprint density at radius 2 is 1.89 bits per heavy atom. The zero-order valence-electron chi connectivity index (χ0n) is 14.9. The number of carbonyl (C=O) groups is 1. The number of fused-ring (bicyclic) bond motifs is 1. The third-order valence-corrected chi connectivity index (χ3v) is 5.60. The Labute approximate surface area is 161 Å². The number of rotatable bonds is 4.